The fourth-order valence-electron chi connectivity index (χ4n) is 0.762. The SMILES string of the molecule is COC(=O)c1cccc(C(=O)Cl)n1.Cl. The smallest absolute Gasteiger partial charge is 0.356 e. The van der Waals surface area contributed by atoms with E-state index in [9.17, 15) is 9.59 Å². The number of esters is 1. The van der Waals surface area contributed by atoms with Crippen molar-refractivity contribution in [3.63, 3.8) is 0 Å². The summed E-state index contributed by atoms with van der Waals surface area (Å²) in [6, 6.07) is 4.37. The normalized spacial score (nSPS) is 8.71. The molecule has 0 N–H and O–H groups in total. The van der Waals surface area contributed by atoms with Crippen molar-refractivity contribution in [1.82, 2.24) is 4.98 Å². The van der Waals surface area contributed by atoms with Gasteiger partial charge in [-0.25, -0.2) is 9.78 Å². The third-order valence-electron chi connectivity index (χ3n) is 1.35. The van der Waals surface area contributed by atoms with E-state index in [2.05, 4.69) is 9.72 Å². The molecule has 76 valence electrons. The minimum absolute atomic E-state index is 0. The first-order valence-electron chi connectivity index (χ1n) is 3.40. The second kappa shape index (κ2) is 5.57. The van der Waals surface area contributed by atoms with Gasteiger partial charge in [-0.2, -0.15) is 0 Å². The molecular formula is C8H7Cl2NO3. The standard InChI is InChI=1S/C8H6ClNO3.ClH/c1-13-8(12)6-4-2-3-5(10-6)7(9)11;/h2-4H,1H3;1H. The monoisotopic (exact) mass is 235 g/mol. The Kier molecular flexibility index (Phi) is 5.12. The molecule has 0 saturated heterocycles. The van der Waals surface area contributed by atoms with Crippen molar-refractivity contribution in [2.24, 2.45) is 0 Å². The molecule has 4 nitrogen and oxygen atoms in total. The van der Waals surface area contributed by atoms with Gasteiger partial charge >= 0.3 is 5.97 Å². The summed E-state index contributed by atoms with van der Waals surface area (Å²) in [4.78, 5) is 25.3. The van der Waals surface area contributed by atoms with Gasteiger partial charge in [0.15, 0.2) is 0 Å². The van der Waals surface area contributed by atoms with E-state index in [1.165, 1.54) is 25.3 Å². The minimum Gasteiger partial charge on any atom is -0.464 e. The summed E-state index contributed by atoms with van der Waals surface area (Å²) >= 11 is 5.17. The van der Waals surface area contributed by atoms with Crippen LogP contribution >= 0.6 is 24.0 Å². The third-order valence-corrected chi connectivity index (χ3v) is 1.54. The van der Waals surface area contributed by atoms with Crippen molar-refractivity contribution in [2.75, 3.05) is 7.11 Å². The van der Waals surface area contributed by atoms with E-state index in [-0.39, 0.29) is 23.8 Å². The first-order chi connectivity index (χ1) is 6.15. The van der Waals surface area contributed by atoms with E-state index in [1.807, 2.05) is 0 Å². The largest absolute Gasteiger partial charge is 0.464 e. The van der Waals surface area contributed by atoms with Gasteiger partial charge in [-0.15, -0.1) is 12.4 Å². The van der Waals surface area contributed by atoms with Gasteiger partial charge in [0.05, 0.1) is 7.11 Å². The van der Waals surface area contributed by atoms with Crippen LogP contribution in [0.15, 0.2) is 18.2 Å². The predicted molar refractivity (Wildman–Crippen MR) is 53.0 cm³/mol. The average molecular weight is 236 g/mol. The van der Waals surface area contributed by atoms with E-state index in [0.29, 0.717) is 0 Å². The molecule has 6 heteroatoms. The summed E-state index contributed by atoms with van der Waals surface area (Å²) in [5.41, 5.74) is 0.0959. The average Bonchev–Trinajstić information content (AvgIpc) is 2.17. The predicted octanol–water partition coefficient (Wildman–Crippen LogP) is 1.67. The maximum Gasteiger partial charge on any atom is 0.356 e. The zero-order valence-corrected chi connectivity index (χ0v) is 8.76. The number of halogens is 2. The van der Waals surface area contributed by atoms with E-state index in [0.717, 1.165) is 0 Å². The van der Waals surface area contributed by atoms with Crippen LogP contribution in [-0.4, -0.2) is 23.3 Å². The number of carbonyl (C=O) groups is 2. The van der Waals surface area contributed by atoms with Crippen LogP contribution in [0.2, 0.25) is 0 Å². The summed E-state index contributed by atoms with van der Waals surface area (Å²) in [5.74, 6) is -0.597. The van der Waals surface area contributed by atoms with Gasteiger partial charge < -0.3 is 4.74 Å². The Balaban J connectivity index is 0.00000169. The molecule has 1 rings (SSSR count). The van der Waals surface area contributed by atoms with Crippen molar-refractivity contribution in [1.29, 1.82) is 0 Å². The van der Waals surface area contributed by atoms with Gasteiger partial charge in [-0.1, -0.05) is 6.07 Å². The summed E-state index contributed by atoms with van der Waals surface area (Å²) in [6.07, 6.45) is 0. The Hall–Kier alpha value is -1.13. The lowest BCUT2D eigenvalue weighted by atomic mass is 10.3. The van der Waals surface area contributed by atoms with Crippen LogP contribution in [0.4, 0.5) is 0 Å². The Labute approximate surface area is 91.6 Å². The topological polar surface area (TPSA) is 56.3 Å². The van der Waals surface area contributed by atoms with Crippen LogP contribution in [0.3, 0.4) is 0 Å². The van der Waals surface area contributed by atoms with Crippen LogP contribution in [0.5, 0.6) is 0 Å². The maximum absolute atomic E-state index is 10.9. The first kappa shape index (κ1) is 12.9. The zero-order valence-electron chi connectivity index (χ0n) is 7.19. The fourth-order valence-corrected chi connectivity index (χ4v) is 0.868. The van der Waals surface area contributed by atoms with E-state index < -0.39 is 11.2 Å². The molecule has 0 fully saturated rings. The summed E-state index contributed by atoms with van der Waals surface area (Å²) in [5, 5.41) is -0.703. The molecule has 0 aliphatic rings. The minimum atomic E-state index is -0.703. The number of hydrogen-bond donors (Lipinski definition) is 0. The molecule has 0 unspecified atom stereocenters. The molecule has 1 heterocycles. The number of hydrogen-bond acceptors (Lipinski definition) is 4. The van der Waals surface area contributed by atoms with E-state index >= 15 is 0 Å². The highest BCUT2D eigenvalue weighted by Crippen LogP contribution is 2.03. The molecule has 14 heavy (non-hydrogen) atoms. The quantitative estimate of drug-likeness (QED) is 0.578. The molecule has 1 aromatic rings. The van der Waals surface area contributed by atoms with Crippen LogP contribution in [0.1, 0.15) is 21.0 Å². The number of aromatic nitrogens is 1. The van der Waals surface area contributed by atoms with Gasteiger partial charge in [0.25, 0.3) is 5.24 Å². The maximum atomic E-state index is 10.9. The highest BCUT2D eigenvalue weighted by molar-refractivity contribution is 6.67. The van der Waals surface area contributed by atoms with Crippen molar-refractivity contribution >= 4 is 35.2 Å². The van der Waals surface area contributed by atoms with Crippen molar-refractivity contribution in [3.05, 3.63) is 29.6 Å². The lowest BCUT2D eigenvalue weighted by molar-refractivity contribution is 0.0594. The number of pyridine rings is 1. The van der Waals surface area contributed by atoms with Crippen molar-refractivity contribution < 1.29 is 14.3 Å². The molecule has 0 spiro atoms. The number of ether oxygens (including phenoxy) is 1. The van der Waals surface area contributed by atoms with Crippen LogP contribution in [0.25, 0.3) is 0 Å². The molecule has 0 atom stereocenters. The Morgan fingerprint density at radius 2 is 1.93 bits per heavy atom. The van der Waals surface area contributed by atoms with Crippen molar-refractivity contribution in [3.8, 4) is 0 Å². The van der Waals surface area contributed by atoms with Crippen LogP contribution < -0.4 is 0 Å². The van der Waals surface area contributed by atoms with Gasteiger partial charge in [-0.3, -0.25) is 4.79 Å². The molecule has 0 bridgehead atoms. The Morgan fingerprint density at radius 3 is 2.43 bits per heavy atom. The van der Waals surface area contributed by atoms with Gasteiger partial charge in [0.1, 0.15) is 11.4 Å². The number of rotatable bonds is 2. The van der Waals surface area contributed by atoms with Gasteiger partial charge in [-0.05, 0) is 23.7 Å². The Morgan fingerprint density at radius 1 is 1.36 bits per heavy atom. The second-order valence-corrected chi connectivity index (χ2v) is 2.52. The van der Waals surface area contributed by atoms with Gasteiger partial charge in [0, 0.05) is 0 Å². The summed E-state index contributed by atoms with van der Waals surface area (Å²) < 4.78 is 4.42. The molecular weight excluding hydrogens is 229 g/mol. The van der Waals surface area contributed by atoms with Crippen LogP contribution in [0, 0.1) is 0 Å². The summed E-state index contributed by atoms with van der Waals surface area (Å²) in [6.45, 7) is 0. The van der Waals surface area contributed by atoms with Gasteiger partial charge in [0.2, 0.25) is 0 Å². The molecule has 1 aromatic heterocycles. The Bertz CT molecular complexity index is 354. The lowest BCUT2D eigenvalue weighted by Gasteiger charge is -1.98. The van der Waals surface area contributed by atoms with E-state index in [1.54, 1.807) is 0 Å². The molecule has 0 aliphatic heterocycles. The van der Waals surface area contributed by atoms with Crippen LogP contribution in [-0.2, 0) is 4.74 Å². The molecule has 0 aliphatic carbocycles. The first-order valence-corrected chi connectivity index (χ1v) is 3.78. The molecule has 0 saturated carbocycles. The number of methoxy groups -OCH3 is 1. The lowest BCUT2D eigenvalue weighted by Crippen LogP contribution is -2.06. The third kappa shape index (κ3) is 2.97. The summed E-state index contributed by atoms with van der Waals surface area (Å²) in [7, 11) is 1.24. The zero-order chi connectivity index (χ0) is 9.84. The number of nitrogens with zero attached hydrogens (tertiary/aromatic N) is 1. The molecule has 0 amide bonds. The molecule has 0 aromatic carbocycles. The molecule has 0 radical (unpaired) electrons. The highest BCUT2D eigenvalue weighted by atomic mass is 35.5. The number of carbonyl (C=O) groups excluding carboxylic acids is 2. The second-order valence-electron chi connectivity index (χ2n) is 2.17. The fraction of sp³-hybridized carbons (Fsp3) is 0.125. The highest BCUT2D eigenvalue weighted by Gasteiger charge is 2.09. The van der Waals surface area contributed by atoms with E-state index in [4.69, 9.17) is 11.6 Å². The van der Waals surface area contributed by atoms with Crippen molar-refractivity contribution in [2.45, 2.75) is 0 Å².